The number of rotatable bonds is 12. The van der Waals surface area contributed by atoms with Crippen molar-refractivity contribution in [3.05, 3.63) is 0 Å². The predicted molar refractivity (Wildman–Crippen MR) is 69.0 cm³/mol. The van der Waals surface area contributed by atoms with Crippen molar-refractivity contribution >= 4 is 8.25 Å². The third-order valence-corrected chi connectivity index (χ3v) is 3.17. The van der Waals surface area contributed by atoms with Crippen molar-refractivity contribution < 1.29 is 30.5 Å². The summed E-state index contributed by atoms with van der Waals surface area (Å²) in [6, 6.07) is 0. The maximum atomic E-state index is 10.2. The first-order valence-corrected chi connectivity index (χ1v) is 7.89. The van der Waals surface area contributed by atoms with Gasteiger partial charge in [0.15, 0.2) is 0 Å². The standard InChI is InChI=1S/C12H27O3P.Ni/c1-2-3-4-5-6-7-8-9-10-11-12-15-16(13)14;/h16H,2-12H2,1H3,(H,13,14);. The monoisotopic (exact) mass is 308 g/mol. The zero-order valence-corrected chi connectivity index (χ0v) is 12.8. The smallest absolute Gasteiger partial charge is 0.316 e. The van der Waals surface area contributed by atoms with Gasteiger partial charge in [-0.2, -0.15) is 0 Å². The molecular formula is C12H27NiO3P. The largest absolute Gasteiger partial charge is 0.326 e. The normalized spacial score (nSPS) is 12.1. The quantitative estimate of drug-likeness (QED) is 0.332. The van der Waals surface area contributed by atoms with Gasteiger partial charge in [0.05, 0.1) is 6.61 Å². The van der Waals surface area contributed by atoms with E-state index < -0.39 is 8.25 Å². The Hall–Kier alpha value is 0.644. The van der Waals surface area contributed by atoms with E-state index in [4.69, 9.17) is 4.89 Å². The summed E-state index contributed by atoms with van der Waals surface area (Å²) in [5.74, 6) is 0. The summed E-state index contributed by atoms with van der Waals surface area (Å²) in [6.07, 6.45) is 12.7. The molecule has 0 radical (unpaired) electrons. The molecule has 0 aromatic carbocycles. The number of unbranched alkanes of at least 4 members (excludes halogenated alkanes) is 9. The van der Waals surface area contributed by atoms with Crippen molar-refractivity contribution in [1.82, 2.24) is 0 Å². The van der Waals surface area contributed by atoms with Gasteiger partial charge in [-0.3, -0.25) is 4.57 Å². The summed E-state index contributed by atoms with van der Waals surface area (Å²) in [5.41, 5.74) is 0. The van der Waals surface area contributed by atoms with E-state index in [-0.39, 0.29) is 16.5 Å². The maximum absolute atomic E-state index is 10.2. The van der Waals surface area contributed by atoms with Crippen LogP contribution in [0.2, 0.25) is 0 Å². The molecule has 0 aromatic rings. The summed E-state index contributed by atoms with van der Waals surface area (Å²) < 4.78 is 14.8. The van der Waals surface area contributed by atoms with Crippen LogP contribution >= 0.6 is 8.25 Å². The molecule has 0 heterocycles. The van der Waals surface area contributed by atoms with Gasteiger partial charge >= 0.3 is 8.25 Å². The van der Waals surface area contributed by atoms with Crippen molar-refractivity contribution in [2.75, 3.05) is 6.61 Å². The van der Waals surface area contributed by atoms with Gasteiger partial charge in [-0.1, -0.05) is 64.7 Å². The minimum atomic E-state index is -2.69. The Kier molecular flexibility index (Phi) is 19.6. The second-order valence-electron chi connectivity index (χ2n) is 4.30. The molecule has 0 aromatic heterocycles. The molecule has 1 unspecified atom stereocenters. The van der Waals surface area contributed by atoms with Gasteiger partial charge in [0.2, 0.25) is 0 Å². The Balaban J connectivity index is 0. The topological polar surface area (TPSA) is 46.5 Å². The van der Waals surface area contributed by atoms with E-state index in [0.717, 1.165) is 12.8 Å². The number of hydrogen-bond donors (Lipinski definition) is 1. The summed E-state index contributed by atoms with van der Waals surface area (Å²) >= 11 is 0. The third-order valence-electron chi connectivity index (χ3n) is 2.72. The van der Waals surface area contributed by atoms with Crippen LogP contribution in [0.1, 0.15) is 71.1 Å². The summed E-state index contributed by atoms with van der Waals surface area (Å²) in [5, 5.41) is 0. The summed E-state index contributed by atoms with van der Waals surface area (Å²) in [7, 11) is -2.69. The van der Waals surface area contributed by atoms with E-state index in [1.807, 2.05) is 0 Å². The molecule has 108 valence electrons. The van der Waals surface area contributed by atoms with E-state index in [0.29, 0.717) is 6.61 Å². The van der Waals surface area contributed by atoms with Crippen LogP contribution in [0.3, 0.4) is 0 Å². The molecule has 0 aliphatic rings. The van der Waals surface area contributed by atoms with Crippen LogP contribution in [0, 0.1) is 0 Å². The van der Waals surface area contributed by atoms with Crippen LogP contribution in [0.25, 0.3) is 0 Å². The fourth-order valence-electron chi connectivity index (χ4n) is 1.75. The van der Waals surface area contributed by atoms with Crippen LogP contribution < -0.4 is 0 Å². The Morgan fingerprint density at radius 1 is 0.882 bits per heavy atom. The van der Waals surface area contributed by atoms with Crippen molar-refractivity contribution in [2.45, 2.75) is 71.1 Å². The van der Waals surface area contributed by atoms with Gasteiger partial charge in [0, 0.05) is 16.5 Å². The third kappa shape index (κ3) is 19.2. The van der Waals surface area contributed by atoms with Gasteiger partial charge in [-0.15, -0.1) is 0 Å². The molecule has 0 rings (SSSR count). The molecule has 1 N–H and O–H groups in total. The molecule has 0 aliphatic heterocycles. The molecule has 0 aliphatic carbocycles. The molecule has 0 saturated heterocycles. The van der Waals surface area contributed by atoms with E-state index in [1.54, 1.807) is 0 Å². The molecule has 0 amide bonds. The molecule has 3 nitrogen and oxygen atoms in total. The van der Waals surface area contributed by atoms with E-state index in [2.05, 4.69) is 11.4 Å². The molecule has 5 heteroatoms. The van der Waals surface area contributed by atoms with E-state index in [1.165, 1.54) is 51.4 Å². The van der Waals surface area contributed by atoms with Crippen LogP contribution in [0.15, 0.2) is 0 Å². The molecule has 0 fully saturated rings. The second kappa shape index (κ2) is 16.6. The first-order valence-electron chi connectivity index (χ1n) is 6.63. The average Bonchev–Trinajstić information content (AvgIpc) is 2.25. The van der Waals surface area contributed by atoms with Gasteiger partial charge < -0.3 is 9.42 Å². The van der Waals surface area contributed by atoms with Gasteiger partial charge in [-0.25, -0.2) is 0 Å². The molecular weight excluding hydrogens is 282 g/mol. The SMILES string of the molecule is CCCCCCCCCCCCO[PH](=O)O.[Ni]. The van der Waals surface area contributed by atoms with Gasteiger partial charge in [0.1, 0.15) is 0 Å². The van der Waals surface area contributed by atoms with Crippen LogP contribution in [0.4, 0.5) is 0 Å². The van der Waals surface area contributed by atoms with Gasteiger partial charge in [-0.05, 0) is 6.42 Å². The molecule has 0 spiro atoms. The second-order valence-corrected chi connectivity index (χ2v) is 5.12. The first-order chi connectivity index (χ1) is 7.77. The minimum Gasteiger partial charge on any atom is -0.326 e. The average molecular weight is 309 g/mol. The molecule has 17 heavy (non-hydrogen) atoms. The van der Waals surface area contributed by atoms with Crippen molar-refractivity contribution in [1.29, 1.82) is 0 Å². The zero-order valence-electron chi connectivity index (χ0n) is 10.9. The number of hydrogen-bond acceptors (Lipinski definition) is 2. The Morgan fingerprint density at radius 3 is 1.71 bits per heavy atom. The summed E-state index contributed by atoms with van der Waals surface area (Å²) in [4.78, 5) is 8.42. The fraction of sp³-hybridized carbons (Fsp3) is 1.00. The maximum Gasteiger partial charge on any atom is 0.316 e. The summed E-state index contributed by atoms with van der Waals surface area (Å²) in [6.45, 7) is 2.67. The predicted octanol–water partition coefficient (Wildman–Crippen LogP) is 4.30. The Labute approximate surface area is 117 Å². The Morgan fingerprint density at radius 2 is 1.29 bits per heavy atom. The molecule has 0 saturated carbocycles. The fourth-order valence-corrected chi connectivity index (χ4v) is 2.07. The Bertz CT molecular complexity index is 168. The van der Waals surface area contributed by atoms with E-state index in [9.17, 15) is 4.57 Å². The van der Waals surface area contributed by atoms with E-state index >= 15 is 0 Å². The first kappa shape index (κ1) is 20.0. The van der Waals surface area contributed by atoms with Crippen LogP contribution in [0.5, 0.6) is 0 Å². The zero-order chi connectivity index (χ0) is 12.1. The molecule has 1 atom stereocenters. The van der Waals surface area contributed by atoms with Crippen molar-refractivity contribution in [3.63, 3.8) is 0 Å². The van der Waals surface area contributed by atoms with Crippen LogP contribution in [-0.4, -0.2) is 11.5 Å². The van der Waals surface area contributed by atoms with Gasteiger partial charge in [0.25, 0.3) is 0 Å². The molecule has 0 bridgehead atoms. The minimum absolute atomic E-state index is 0. The van der Waals surface area contributed by atoms with Crippen molar-refractivity contribution in [3.8, 4) is 0 Å². The van der Waals surface area contributed by atoms with Crippen molar-refractivity contribution in [2.24, 2.45) is 0 Å². The van der Waals surface area contributed by atoms with Crippen LogP contribution in [-0.2, 0) is 25.6 Å².